The van der Waals surface area contributed by atoms with Crippen LogP contribution in [0.1, 0.15) is 61.7 Å². The van der Waals surface area contributed by atoms with Crippen molar-refractivity contribution in [3.63, 3.8) is 0 Å². The van der Waals surface area contributed by atoms with E-state index in [0.717, 1.165) is 51.7 Å². The third kappa shape index (κ3) is 3.17. The first kappa shape index (κ1) is 17.3. The second kappa shape index (κ2) is 6.89. The number of pyridine rings is 1. The molecular formula is C20H27N3O3. The topological polar surface area (TPSA) is 73.7 Å². The first-order chi connectivity index (χ1) is 12.6. The molecule has 0 radical (unpaired) electrons. The standard InChI is InChI=1S/C20H27N3O3/c24-17-8-10-20(14-23(17)15-5-1-2-6-15)9-4-12-22(13-20)18-16(19(25)26)7-3-11-21-18/h3,7,11,15H,1-2,4-6,8-10,12-14H2,(H,25,26)/t20-/m0/s1. The number of aromatic nitrogens is 1. The van der Waals surface area contributed by atoms with E-state index in [0.29, 0.717) is 24.2 Å². The zero-order chi connectivity index (χ0) is 18.1. The molecule has 6 nitrogen and oxygen atoms in total. The van der Waals surface area contributed by atoms with Gasteiger partial charge in [-0.05, 0) is 44.2 Å². The van der Waals surface area contributed by atoms with Crippen molar-refractivity contribution < 1.29 is 14.7 Å². The molecule has 1 amide bonds. The van der Waals surface area contributed by atoms with Crippen molar-refractivity contribution in [3.8, 4) is 0 Å². The molecule has 3 aliphatic rings. The molecule has 4 rings (SSSR count). The van der Waals surface area contributed by atoms with Crippen molar-refractivity contribution in [1.82, 2.24) is 9.88 Å². The van der Waals surface area contributed by atoms with Crippen molar-refractivity contribution in [2.45, 2.75) is 57.4 Å². The molecular weight excluding hydrogens is 330 g/mol. The number of nitrogens with zero attached hydrogens (tertiary/aromatic N) is 3. The predicted molar refractivity (Wildman–Crippen MR) is 98.3 cm³/mol. The van der Waals surface area contributed by atoms with Crippen LogP contribution < -0.4 is 4.90 Å². The largest absolute Gasteiger partial charge is 0.478 e. The van der Waals surface area contributed by atoms with Crippen LogP contribution in [0.2, 0.25) is 0 Å². The lowest BCUT2D eigenvalue weighted by atomic mass is 9.73. The van der Waals surface area contributed by atoms with Gasteiger partial charge in [0.15, 0.2) is 0 Å². The lowest BCUT2D eigenvalue weighted by Gasteiger charge is -2.50. The highest BCUT2D eigenvalue weighted by atomic mass is 16.4. The number of carbonyl (C=O) groups is 2. The Labute approximate surface area is 154 Å². The van der Waals surface area contributed by atoms with Crippen LogP contribution in [0, 0.1) is 5.41 Å². The Morgan fingerprint density at radius 2 is 2.00 bits per heavy atom. The first-order valence-corrected chi connectivity index (χ1v) is 9.81. The summed E-state index contributed by atoms with van der Waals surface area (Å²) in [5.41, 5.74) is 0.339. The van der Waals surface area contributed by atoms with Gasteiger partial charge in [0, 0.05) is 43.7 Å². The lowest BCUT2D eigenvalue weighted by molar-refractivity contribution is -0.140. The van der Waals surface area contributed by atoms with Crippen LogP contribution in [-0.4, -0.2) is 52.5 Å². The normalized spacial score (nSPS) is 27.3. The second-order valence-corrected chi connectivity index (χ2v) is 8.16. The molecule has 0 aromatic carbocycles. The molecule has 0 unspecified atom stereocenters. The molecule has 1 atom stereocenters. The number of amides is 1. The van der Waals surface area contributed by atoms with Gasteiger partial charge in [-0.15, -0.1) is 0 Å². The average Bonchev–Trinajstić information content (AvgIpc) is 3.19. The van der Waals surface area contributed by atoms with Crippen molar-refractivity contribution >= 4 is 17.7 Å². The van der Waals surface area contributed by atoms with Crippen LogP contribution in [0.15, 0.2) is 18.3 Å². The van der Waals surface area contributed by atoms with Crippen LogP contribution in [-0.2, 0) is 4.79 Å². The fourth-order valence-corrected chi connectivity index (χ4v) is 5.13. The van der Waals surface area contributed by atoms with Crippen LogP contribution in [0.4, 0.5) is 5.82 Å². The molecule has 2 saturated heterocycles. The summed E-state index contributed by atoms with van der Waals surface area (Å²) in [6.07, 6.45) is 10.0. The number of hydrogen-bond acceptors (Lipinski definition) is 4. The van der Waals surface area contributed by atoms with Gasteiger partial charge in [-0.25, -0.2) is 9.78 Å². The number of piperidine rings is 2. The molecule has 3 fully saturated rings. The van der Waals surface area contributed by atoms with E-state index in [2.05, 4.69) is 14.8 Å². The molecule has 1 spiro atoms. The van der Waals surface area contributed by atoms with E-state index < -0.39 is 5.97 Å². The quantitative estimate of drug-likeness (QED) is 0.900. The fourth-order valence-electron chi connectivity index (χ4n) is 5.13. The summed E-state index contributed by atoms with van der Waals surface area (Å²) in [4.78, 5) is 32.8. The molecule has 0 bridgehead atoms. The van der Waals surface area contributed by atoms with Gasteiger partial charge < -0.3 is 14.9 Å². The Morgan fingerprint density at radius 1 is 1.19 bits per heavy atom. The minimum atomic E-state index is -0.931. The van der Waals surface area contributed by atoms with Crippen LogP contribution in [0.25, 0.3) is 0 Å². The summed E-state index contributed by atoms with van der Waals surface area (Å²) >= 11 is 0. The average molecular weight is 357 g/mol. The molecule has 1 aromatic heterocycles. The van der Waals surface area contributed by atoms with Gasteiger partial charge in [0.2, 0.25) is 5.91 Å². The van der Waals surface area contributed by atoms with E-state index in [1.54, 1.807) is 18.3 Å². The number of likely N-dealkylation sites (tertiary alicyclic amines) is 1. The summed E-state index contributed by atoms with van der Waals surface area (Å²) in [6.45, 7) is 2.44. The van der Waals surface area contributed by atoms with Gasteiger partial charge >= 0.3 is 5.97 Å². The van der Waals surface area contributed by atoms with Crippen LogP contribution in [0.5, 0.6) is 0 Å². The van der Waals surface area contributed by atoms with E-state index in [-0.39, 0.29) is 11.0 Å². The van der Waals surface area contributed by atoms with E-state index in [1.807, 2.05) is 0 Å². The minimum absolute atomic E-state index is 0.0715. The number of rotatable bonds is 3. The van der Waals surface area contributed by atoms with Gasteiger partial charge in [0.05, 0.1) is 0 Å². The number of hydrogen-bond donors (Lipinski definition) is 1. The summed E-state index contributed by atoms with van der Waals surface area (Å²) < 4.78 is 0. The molecule has 1 N–H and O–H groups in total. The van der Waals surface area contributed by atoms with Crippen molar-refractivity contribution in [2.75, 3.05) is 24.5 Å². The maximum Gasteiger partial charge on any atom is 0.339 e. The molecule has 6 heteroatoms. The van der Waals surface area contributed by atoms with Crippen LogP contribution >= 0.6 is 0 Å². The Morgan fingerprint density at radius 3 is 2.77 bits per heavy atom. The maximum atomic E-state index is 12.5. The number of anilines is 1. The summed E-state index contributed by atoms with van der Waals surface area (Å²) in [6, 6.07) is 3.72. The SMILES string of the molecule is O=C(O)c1cccnc1N1CCC[C@]2(CCC(=O)N(C3CCCC3)C2)C1. The Balaban J connectivity index is 1.56. The zero-order valence-corrected chi connectivity index (χ0v) is 15.2. The number of carboxylic acid groups (broad SMARTS) is 1. The highest BCUT2D eigenvalue weighted by Gasteiger charge is 2.44. The third-order valence-corrected chi connectivity index (χ3v) is 6.44. The summed E-state index contributed by atoms with van der Waals surface area (Å²) in [5.74, 6) is -0.0498. The smallest absolute Gasteiger partial charge is 0.339 e. The van der Waals surface area contributed by atoms with E-state index in [4.69, 9.17) is 0 Å². The maximum absolute atomic E-state index is 12.5. The predicted octanol–water partition coefficient (Wildman–Crippen LogP) is 2.93. The molecule has 1 aliphatic carbocycles. The second-order valence-electron chi connectivity index (χ2n) is 8.16. The fraction of sp³-hybridized carbons (Fsp3) is 0.650. The number of carboxylic acids is 1. The first-order valence-electron chi connectivity index (χ1n) is 9.81. The van der Waals surface area contributed by atoms with Gasteiger partial charge in [-0.2, -0.15) is 0 Å². The Bertz CT molecular complexity index is 701. The zero-order valence-electron chi connectivity index (χ0n) is 15.2. The highest BCUT2D eigenvalue weighted by molar-refractivity contribution is 5.93. The number of carbonyl (C=O) groups excluding carboxylic acids is 1. The Hall–Kier alpha value is -2.11. The van der Waals surface area contributed by atoms with Crippen molar-refractivity contribution in [1.29, 1.82) is 0 Å². The highest BCUT2D eigenvalue weighted by Crippen LogP contribution is 2.42. The summed E-state index contributed by atoms with van der Waals surface area (Å²) in [7, 11) is 0. The van der Waals surface area contributed by atoms with E-state index in [9.17, 15) is 14.7 Å². The van der Waals surface area contributed by atoms with Crippen molar-refractivity contribution in [2.24, 2.45) is 5.41 Å². The number of aromatic carboxylic acids is 1. The van der Waals surface area contributed by atoms with Crippen molar-refractivity contribution in [3.05, 3.63) is 23.9 Å². The monoisotopic (exact) mass is 357 g/mol. The molecule has 3 heterocycles. The lowest BCUT2D eigenvalue weighted by Crippen LogP contribution is -2.56. The van der Waals surface area contributed by atoms with E-state index >= 15 is 0 Å². The molecule has 2 aliphatic heterocycles. The Kier molecular flexibility index (Phi) is 4.59. The van der Waals surface area contributed by atoms with Gasteiger partial charge in [-0.3, -0.25) is 4.79 Å². The molecule has 1 saturated carbocycles. The van der Waals surface area contributed by atoms with Gasteiger partial charge in [-0.1, -0.05) is 12.8 Å². The van der Waals surface area contributed by atoms with E-state index in [1.165, 1.54) is 12.8 Å². The van der Waals surface area contributed by atoms with Gasteiger partial charge in [0.25, 0.3) is 0 Å². The minimum Gasteiger partial charge on any atom is -0.478 e. The molecule has 1 aromatic rings. The molecule has 140 valence electrons. The molecule has 26 heavy (non-hydrogen) atoms. The van der Waals surface area contributed by atoms with Gasteiger partial charge in [0.1, 0.15) is 11.4 Å². The summed E-state index contributed by atoms with van der Waals surface area (Å²) in [5, 5.41) is 9.50. The third-order valence-electron chi connectivity index (χ3n) is 6.44. The van der Waals surface area contributed by atoms with Crippen LogP contribution in [0.3, 0.4) is 0 Å².